The number of halogens is 3. The average Bonchev–Trinajstić information content (AvgIpc) is 2.90. The molecule has 2 aliphatic rings. The first kappa shape index (κ1) is 21.3. The van der Waals surface area contributed by atoms with Gasteiger partial charge in [-0.05, 0) is 5.92 Å². The van der Waals surface area contributed by atoms with Crippen molar-refractivity contribution in [2.75, 3.05) is 36.9 Å². The van der Waals surface area contributed by atoms with Crippen molar-refractivity contribution in [3.63, 3.8) is 0 Å². The zero-order chi connectivity index (χ0) is 20.3. The minimum absolute atomic E-state index is 0. The van der Waals surface area contributed by atoms with Crippen molar-refractivity contribution in [2.45, 2.75) is 19.0 Å². The molecule has 29 heavy (non-hydrogen) atoms. The van der Waals surface area contributed by atoms with Crippen molar-refractivity contribution in [1.82, 2.24) is 4.57 Å². The second-order valence-corrected chi connectivity index (χ2v) is 7.44. The Morgan fingerprint density at radius 3 is 2.41 bits per heavy atom. The maximum absolute atomic E-state index is 15.6. The van der Waals surface area contributed by atoms with E-state index in [9.17, 15) is 14.7 Å². The van der Waals surface area contributed by atoms with Crippen LogP contribution in [0.15, 0.2) is 11.0 Å². The molecule has 11 heteroatoms. The molecule has 8 nitrogen and oxygen atoms in total. The van der Waals surface area contributed by atoms with E-state index in [0.29, 0.717) is 6.54 Å². The molecule has 0 unspecified atom stereocenters. The van der Waals surface area contributed by atoms with E-state index in [1.165, 1.54) is 9.47 Å². The van der Waals surface area contributed by atoms with Crippen LogP contribution in [0, 0.1) is 17.6 Å². The van der Waals surface area contributed by atoms with E-state index in [1.54, 1.807) is 0 Å². The van der Waals surface area contributed by atoms with E-state index < -0.39 is 39.7 Å². The summed E-state index contributed by atoms with van der Waals surface area (Å²) in [5, 5.41) is 8.87. The standard InChI is InChI=1S/C18H20F2N4O4.ClH/c1-7-2-23(4-10(7)21)16-12(19)14(22)11-15(13(16)20)24(8-5-28-6-8)3-9(17(11)25)18(26)27;/h3,7-8,10H,2,4-6,21-22H2,1H3,(H,26,27);1H/t7-,10+;/m0./s1. The van der Waals surface area contributed by atoms with Gasteiger partial charge in [-0.1, -0.05) is 6.92 Å². The van der Waals surface area contributed by atoms with E-state index in [4.69, 9.17) is 16.2 Å². The van der Waals surface area contributed by atoms with Crippen molar-refractivity contribution in [1.29, 1.82) is 0 Å². The lowest BCUT2D eigenvalue weighted by atomic mass is 10.0. The summed E-state index contributed by atoms with van der Waals surface area (Å²) in [6, 6.07) is -0.638. The summed E-state index contributed by atoms with van der Waals surface area (Å²) in [6.45, 7) is 2.89. The predicted molar refractivity (Wildman–Crippen MR) is 106 cm³/mol. The Morgan fingerprint density at radius 2 is 1.93 bits per heavy atom. The van der Waals surface area contributed by atoms with E-state index in [-0.39, 0.29) is 61.4 Å². The number of nitrogens with zero attached hydrogens (tertiary/aromatic N) is 2. The van der Waals surface area contributed by atoms with Gasteiger partial charge in [0.2, 0.25) is 5.43 Å². The summed E-state index contributed by atoms with van der Waals surface area (Å²) in [5.74, 6) is -3.51. The molecule has 1 aromatic heterocycles. The molecule has 0 saturated carbocycles. The van der Waals surface area contributed by atoms with Crippen LogP contribution in [0.5, 0.6) is 0 Å². The number of aromatic nitrogens is 1. The zero-order valence-corrected chi connectivity index (χ0v) is 16.3. The normalized spacial score (nSPS) is 21.9. The molecule has 0 bridgehead atoms. The summed E-state index contributed by atoms with van der Waals surface area (Å²) < 4.78 is 37.1. The van der Waals surface area contributed by atoms with Crippen LogP contribution in [0.3, 0.4) is 0 Å². The van der Waals surface area contributed by atoms with Crippen LogP contribution in [-0.2, 0) is 4.74 Å². The molecule has 0 amide bonds. The fourth-order valence-corrected chi connectivity index (χ4v) is 3.83. The lowest BCUT2D eigenvalue weighted by Crippen LogP contribution is -2.34. The number of anilines is 2. The maximum Gasteiger partial charge on any atom is 0.341 e. The van der Waals surface area contributed by atoms with Gasteiger partial charge in [0.15, 0.2) is 11.6 Å². The number of pyridine rings is 1. The Bertz CT molecular complexity index is 1050. The van der Waals surface area contributed by atoms with Gasteiger partial charge in [-0.2, -0.15) is 0 Å². The quantitative estimate of drug-likeness (QED) is 0.627. The molecule has 1 aromatic carbocycles. The van der Waals surface area contributed by atoms with Gasteiger partial charge >= 0.3 is 5.97 Å². The van der Waals surface area contributed by atoms with Crippen molar-refractivity contribution in [3.05, 3.63) is 33.6 Å². The summed E-state index contributed by atoms with van der Waals surface area (Å²) in [4.78, 5) is 25.6. The second kappa shape index (κ2) is 7.43. The predicted octanol–water partition coefficient (Wildman–Crippen LogP) is 1.34. The molecule has 0 spiro atoms. The van der Waals surface area contributed by atoms with Crippen LogP contribution in [0.4, 0.5) is 20.2 Å². The number of fused-ring (bicyclic) bond motifs is 1. The van der Waals surface area contributed by atoms with Gasteiger partial charge in [0, 0.05) is 25.3 Å². The van der Waals surface area contributed by atoms with Crippen LogP contribution in [-0.4, -0.2) is 48.0 Å². The third kappa shape index (κ3) is 3.11. The lowest BCUT2D eigenvalue weighted by molar-refractivity contribution is -0.0219. The number of hydrogen-bond acceptors (Lipinski definition) is 6. The summed E-state index contributed by atoms with van der Waals surface area (Å²) in [5.41, 5.74) is 9.12. The fraction of sp³-hybridized carbons (Fsp3) is 0.444. The molecule has 2 saturated heterocycles. The highest BCUT2D eigenvalue weighted by atomic mass is 35.5. The number of rotatable bonds is 3. The molecule has 0 aliphatic carbocycles. The number of carboxylic acids is 1. The van der Waals surface area contributed by atoms with E-state index in [2.05, 4.69) is 0 Å². The molecule has 0 radical (unpaired) electrons. The van der Waals surface area contributed by atoms with Gasteiger partial charge in [0.1, 0.15) is 11.3 Å². The van der Waals surface area contributed by atoms with Gasteiger partial charge < -0.3 is 30.8 Å². The number of ether oxygens (including phenoxy) is 1. The van der Waals surface area contributed by atoms with Gasteiger partial charge in [0.25, 0.3) is 0 Å². The Kier molecular flexibility index (Phi) is 5.46. The highest BCUT2D eigenvalue weighted by molar-refractivity contribution is 5.99. The van der Waals surface area contributed by atoms with Crippen LogP contribution < -0.4 is 21.8 Å². The van der Waals surface area contributed by atoms with Crippen LogP contribution >= 0.6 is 12.4 Å². The summed E-state index contributed by atoms with van der Waals surface area (Å²) in [7, 11) is 0. The third-order valence-corrected chi connectivity index (χ3v) is 5.60. The van der Waals surface area contributed by atoms with Gasteiger partial charge in [0.05, 0.1) is 35.8 Å². The minimum Gasteiger partial charge on any atom is -0.477 e. The summed E-state index contributed by atoms with van der Waals surface area (Å²) in [6.07, 6.45) is 1.07. The molecule has 3 heterocycles. The first-order valence-corrected chi connectivity index (χ1v) is 8.89. The molecule has 4 rings (SSSR count). The van der Waals surface area contributed by atoms with Gasteiger partial charge in [-0.3, -0.25) is 4.79 Å². The Hall–Kier alpha value is -2.43. The Morgan fingerprint density at radius 1 is 1.28 bits per heavy atom. The topological polar surface area (TPSA) is 124 Å². The van der Waals surface area contributed by atoms with Gasteiger partial charge in [-0.15, -0.1) is 12.4 Å². The molecule has 2 atom stereocenters. The number of nitrogen functional groups attached to an aromatic ring is 1. The first-order chi connectivity index (χ1) is 13.2. The number of hydrogen-bond donors (Lipinski definition) is 3. The van der Waals surface area contributed by atoms with Gasteiger partial charge in [-0.25, -0.2) is 13.6 Å². The van der Waals surface area contributed by atoms with Crippen LogP contribution in [0.1, 0.15) is 23.3 Å². The van der Waals surface area contributed by atoms with E-state index in [0.717, 1.165) is 6.20 Å². The lowest BCUT2D eigenvalue weighted by Gasteiger charge is -2.31. The molecular weight excluding hydrogens is 410 g/mol. The number of carbonyl (C=O) groups is 1. The molecular formula is C18H21ClF2N4O4. The fourth-order valence-electron chi connectivity index (χ4n) is 3.83. The SMILES string of the molecule is C[C@H]1CN(c2c(F)c(N)c3c(=O)c(C(=O)O)cn(C4COC4)c3c2F)C[C@H]1N.Cl. The first-order valence-electron chi connectivity index (χ1n) is 8.89. The van der Waals surface area contributed by atoms with E-state index in [1.807, 2.05) is 6.92 Å². The highest BCUT2D eigenvalue weighted by Crippen LogP contribution is 2.38. The average molecular weight is 431 g/mol. The van der Waals surface area contributed by atoms with Crippen molar-refractivity contribution < 1.29 is 23.4 Å². The highest BCUT2D eigenvalue weighted by Gasteiger charge is 2.35. The maximum atomic E-state index is 15.6. The van der Waals surface area contributed by atoms with Crippen molar-refractivity contribution in [2.24, 2.45) is 11.7 Å². The molecule has 2 fully saturated rings. The number of aromatic carboxylic acids is 1. The Labute approximate surface area is 170 Å². The van der Waals surface area contributed by atoms with Crippen LogP contribution in [0.25, 0.3) is 10.9 Å². The molecule has 2 aromatic rings. The minimum atomic E-state index is -1.50. The molecule has 5 N–H and O–H groups in total. The summed E-state index contributed by atoms with van der Waals surface area (Å²) >= 11 is 0. The zero-order valence-electron chi connectivity index (χ0n) is 15.5. The number of nitrogens with two attached hydrogens (primary N) is 2. The van der Waals surface area contributed by atoms with E-state index >= 15 is 8.78 Å². The van der Waals surface area contributed by atoms with Crippen molar-refractivity contribution in [3.8, 4) is 0 Å². The van der Waals surface area contributed by atoms with Crippen LogP contribution in [0.2, 0.25) is 0 Å². The second-order valence-electron chi connectivity index (χ2n) is 7.44. The third-order valence-electron chi connectivity index (χ3n) is 5.60. The molecule has 2 aliphatic heterocycles. The molecule has 158 valence electrons. The number of carboxylic acid groups (broad SMARTS) is 1. The van der Waals surface area contributed by atoms with Crippen molar-refractivity contribution >= 4 is 40.7 Å². The smallest absolute Gasteiger partial charge is 0.341 e. The monoisotopic (exact) mass is 430 g/mol. The largest absolute Gasteiger partial charge is 0.477 e. The number of benzene rings is 1. The Balaban J connectivity index is 0.00000240.